The summed E-state index contributed by atoms with van der Waals surface area (Å²) in [5.74, 6) is -0.469. The van der Waals surface area contributed by atoms with Crippen LogP contribution in [0.4, 0.5) is 5.69 Å². The lowest BCUT2D eigenvalue weighted by Gasteiger charge is -2.19. The van der Waals surface area contributed by atoms with Crippen molar-refractivity contribution in [3.8, 4) is 0 Å². The standard InChI is InChI=1S/C17H17NO2/c18-13-7-5-11(6-8-13)15-9-12-3-1-2-4-14(12)16(15)10-17(19)20/h1-8,15-16H,9-10,18H2,(H,19,20). The average molecular weight is 267 g/mol. The summed E-state index contributed by atoms with van der Waals surface area (Å²) in [6, 6.07) is 16.0. The zero-order chi connectivity index (χ0) is 14.1. The summed E-state index contributed by atoms with van der Waals surface area (Å²) in [4.78, 5) is 11.2. The van der Waals surface area contributed by atoms with Crippen LogP contribution in [0.2, 0.25) is 0 Å². The molecule has 0 bridgehead atoms. The maximum Gasteiger partial charge on any atom is 0.303 e. The van der Waals surface area contributed by atoms with E-state index in [1.807, 2.05) is 36.4 Å². The van der Waals surface area contributed by atoms with Crippen molar-refractivity contribution in [2.24, 2.45) is 0 Å². The molecular weight excluding hydrogens is 250 g/mol. The van der Waals surface area contributed by atoms with E-state index < -0.39 is 5.97 Å². The Kier molecular flexibility index (Phi) is 3.18. The largest absolute Gasteiger partial charge is 0.481 e. The number of nitrogens with two attached hydrogens (primary N) is 1. The predicted octanol–water partition coefficient (Wildman–Crippen LogP) is 3.17. The number of carboxylic acid groups (broad SMARTS) is 1. The van der Waals surface area contributed by atoms with Crippen LogP contribution in [0.1, 0.15) is 34.9 Å². The van der Waals surface area contributed by atoms with Gasteiger partial charge in [-0.15, -0.1) is 0 Å². The van der Waals surface area contributed by atoms with Crippen molar-refractivity contribution in [1.82, 2.24) is 0 Å². The van der Waals surface area contributed by atoms with Crippen LogP contribution in [0.3, 0.4) is 0 Å². The lowest BCUT2D eigenvalue weighted by Crippen LogP contribution is -2.11. The molecular formula is C17H17NO2. The average Bonchev–Trinajstić information content (AvgIpc) is 2.78. The van der Waals surface area contributed by atoms with Crippen molar-refractivity contribution in [2.45, 2.75) is 24.7 Å². The summed E-state index contributed by atoms with van der Waals surface area (Å²) in [6.07, 6.45) is 1.07. The molecule has 0 saturated heterocycles. The number of carboxylic acids is 1. The molecule has 0 saturated carbocycles. The minimum absolute atomic E-state index is 0.0484. The van der Waals surface area contributed by atoms with E-state index in [2.05, 4.69) is 12.1 Å². The number of anilines is 1. The molecule has 2 unspecified atom stereocenters. The van der Waals surface area contributed by atoms with Crippen molar-refractivity contribution >= 4 is 11.7 Å². The second kappa shape index (κ2) is 5.00. The molecule has 2 atom stereocenters. The normalized spacial score (nSPS) is 20.6. The van der Waals surface area contributed by atoms with Crippen LogP contribution < -0.4 is 5.73 Å². The lowest BCUT2D eigenvalue weighted by atomic mass is 9.84. The Morgan fingerprint density at radius 1 is 1.15 bits per heavy atom. The van der Waals surface area contributed by atoms with E-state index in [0.717, 1.165) is 12.1 Å². The van der Waals surface area contributed by atoms with Gasteiger partial charge in [-0.3, -0.25) is 4.79 Å². The van der Waals surface area contributed by atoms with E-state index in [-0.39, 0.29) is 18.3 Å². The molecule has 20 heavy (non-hydrogen) atoms. The van der Waals surface area contributed by atoms with Crippen molar-refractivity contribution < 1.29 is 9.90 Å². The number of benzene rings is 2. The zero-order valence-electron chi connectivity index (χ0n) is 11.1. The molecule has 3 rings (SSSR count). The van der Waals surface area contributed by atoms with Crippen LogP contribution in [0.25, 0.3) is 0 Å². The molecule has 0 spiro atoms. The van der Waals surface area contributed by atoms with Crippen LogP contribution in [-0.4, -0.2) is 11.1 Å². The predicted molar refractivity (Wildman–Crippen MR) is 78.7 cm³/mol. The SMILES string of the molecule is Nc1ccc(C2Cc3ccccc3C2CC(=O)O)cc1. The topological polar surface area (TPSA) is 63.3 Å². The molecule has 3 nitrogen and oxygen atoms in total. The number of aliphatic carboxylic acids is 1. The van der Waals surface area contributed by atoms with Gasteiger partial charge < -0.3 is 10.8 Å². The van der Waals surface area contributed by atoms with Crippen LogP contribution in [0, 0.1) is 0 Å². The summed E-state index contributed by atoms with van der Waals surface area (Å²) >= 11 is 0. The summed E-state index contributed by atoms with van der Waals surface area (Å²) < 4.78 is 0. The van der Waals surface area contributed by atoms with E-state index in [1.54, 1.807) is 0 Å². The lowest BCUT2D eigenvalue weighted by molar-refractivity contribution is -0.137. The summed E-state index contributed by atoms with van der Waals surface area (Å²) in [7, 11) is 0. The first-order valence-electron chi connectivity index (χ1n) is 6.80. The van der Waals surface area contributed by atoms with Crippen molar-refractivity contribution in [2.75, 3.05) is 5.73 Å². The van der Waals surface area contributed by atoms with Gasteiger partial charge in [-0.1, -0.05) is 36.4 Å². The monoisotopic (exact) mass is 267 g/mol. The van der Waals surface area contributed by atoms with E-state index in [9.17, 15) is 9.90 Å². The molecule has 2 aromatic rings. The molecule has 0 fully saturated rings. The minimum atomic E-state index is -0.743. The van der Waals surface area contributed by atoms with E-state index in [1.165, 1.54) is 16.7 Å². The fraction of sp³-hybridized carbons (Fsp3) is 0.235. The van der Waals surface area contributed by atoms with Crippen molar-refractivity contribution in [1.29, 1.82) is 0 Å². The molecule has 2 aromatic carbocycles. The smallest absolute Gasteiger partial charge is 0.303 e. The van der Waals surface area contributed by atoms with E-state index in [4.69, 9.17) is 5.73 Å². The van der Waals surface area contributed by atoms with Crippen LogP contribution >= 0.6 is 0 Å². The van der Waals surface area contributed by atoms with E-state index >= 15 is 0 Å². The second-order valence-corrected chi connectivity index (χ2v) is 5.38. The first-order chi connectivity index (χ1) is 9.65. The molecule has 1 aliphatic rings. The maximum atomic E-state index is 11.2. The highest BCUT2D eigenvalue weighted by molar-refractivity contribution is 5.69. The molecule has 0 amide bonds. The number of rotatable bonds is 3. The molecule has 3 N–H and O–H groups in total. The van der Waals surface area contributed by atoms with Gasteiger partial charge in [-0.25, -0.2) is 0 Å². The Morgan fingerprint density at radius 3 is 2.55 bits per heavy atom. The fourth-order valence-electron chi connectivity index (χ4n) is 3.21. The number of fused-ring (bicyclic) bond motifs is 1. The molecule has 1 aliphatic carbocycles. The van der Waals surface area contributed by atoms with Gasteiger partial charge in [0.1, 0.15) is 0 Å². The first-order valence-corrected chi connectivity index (χ1v) is 6.80. The Bertz CT molecular complexity index is 634. The van der Waals surface area contributed by atoms with Gasteiger partial charge in [0.15, 0.2) is 0 Å². The van der Waals surface area contributed by atoms with Crippen molar-refractivity contribution in [3.63, 3.8) is 0 Å². The highest BCUT2D eigenvalue weighted by Crippen LogP contribution is 2.45. The third-order valence-electron chi connectivity index (χ3n) is 4.14. The number of hydrogen-bond acceptors (Lipinski definition) is 2. The molecule has 102 valence electrons. The summed E-state index contributed by atoms with van der Waals surface area (Å²) in [6.45, 7) is 0. The van der Waals surface area contributed by atoms with Crippen LogP contribution in [0.15, 0.2) is 48.5 Å². The summed E-state index contributed by atoms with van der Waals surface area (Å²) in [5.41, 5.74) is 10.1. The van der Waals surface area contributed by atoms with Gasteiger partial charge in [-0.05, 0) is 41.2 Å². The number of nitrogen functional groups attached to an aromatic ring is 1. The van der Waals surface area contributed by atoms with Crippen LogP contribution in [-0.2, 0) is 11.2 Å². The number of carbonyl (C=O) groups is 1. The molecule has 3 heteroatoms. The van der Waals surface area contributed by atoms with E-state index in [0.29, 0.717) is 0 Å². The number of hydrogen-bond donors (Lipinski definition) is 2. The van der Waals surface area contributed by atoms with Gasteiger partial charge in [0, 0.05) is 11.6 Å². The summed E-state index contributed by atoms with van der Waals surface area (Å²) in [5, 5.41) is 9.19. The van der Waals surface area contributed by atoms with Gasteiger partial charge >= 0.3 is 5.97 Å². The van der Waals surface area contributed by atoms with Crippen molar-refractivity contribution in [3.05, 3.63) is 65.2 Å². The second-order valence-electron chi connectivity index (χ2n) is 5.38. The fourth-order valence-corrected chi connectivity index (χ4v) is 3.21. The third-order valence-corrected chi connectivity index (χ3v) is 4.14. The quantitative estimate of drug-likeness (QED) is 0.840. The molecule has 0 radical (unpaired) electrons. The van der Waals surface area contributed by atoms with Gasteiger partial charge in [-0.2, -0.15) is 0 Å². The Labute approximate surface area is 118 Å². The Morgan fingerprint density at radius 2 is 1.85 bits per heavy atom. The highest BCUT2D eigenvalue weighted by Gasteiger charge is 2.34. The first kappa shape index (κ1) is 12.7. The molecule has 0 aliphatic heterocycles. The highest BCUT2D eigenvalue weighted by atomic mass is 16.4. The molecule has 0 aromatic heterocycles. The Hall–Kier alpha value is -2.29. The third kappa shape index (κ3) is 2.27. The van der Waals surface area contributed by atoms with Crippen LogP contribution in [0.5, 0.6) is 0 Å². The zero-order valence-corrected chi connectivity index (χ0v) is 11.1. The maximum absolute atomic E-state index is 11.2. The van der Waals surface area contributed by atoms with Gasteiger partial charge in [0.05, 0.1) is 6.42 Å². The molecule has 0 heterocycles. The van der Waals surface area contributed by atoms with Gasteiger partial charge in [0.25, 0.3) is 0 Å². The minimum Gasteiger partial charge on any atom is -0.481 e. The van der Waals surface area contributed by atoms with Gasteiger partial charge in [0.2, 0.25) is 0 Å². The Balaban J connectivity index is 1.98.